The van der Waals surface area contributed by atoms with E-state index in [1.807, 2.05) is 0 Å². The Morgan fingerprint density at radius 3 is 2.56 bits per heavy atom. The van der Waals surface area contributed by atoms with E-state index in [2.05, 4.69) is 5.32 Å². The lowest BCUT2D eigenvalue weighted by Crippen LogP contribution is -2.27. The predicted octanol–water partition coefficient (Wildman–Crippen LogP) is 2.69. The number of ether oxygens (including phenoxy) is 1. The third-order valence-corrected chi connectivity index (χ3v) is 1.91. The van der Waals surface area contributed by atoms with Crippen LogP contribution in [0.4, 0.5) is 14.9 Å². The summed E-state index contributed by atoms with van der Waals surface area (Å²) in [5.74, 6) is -1.25. The number of halogens is 1. The highest BCUT2D eigenvalue weighted by atomic mass is 19.1. The highest BCUT2D eigenvalue weighted by molar-refractivity contribution is 5.95. The summed E-state index contributed by atoms with van der Waals surface area (Å²) in [7, 11) is 0. The monoisotopic (exact) mass is 255 g/mol. The smallest absolute Gasteiger partial charge is 0.412 e. The number of carbonyl (C=O) groups is 2. The lowest BCUT2D eigenvalue weighted by molar-refractivity contribution is 0.0635. The van der Waals surface area contributed by atoms with E-state index in [-0.39, 0.29) is 12.0 Å². The molecular formula is C12H14FNO4. The Hall–Kier alpha value is -2.11. The number of phenolic OH excluding ortho intramolecular Hbond substituents is 1. The number of aromatic hydroxyl groups is 1. The van der Waals surface area contributed by atoms with Gasteiger partial charge in [0.1, 0.15) is 17.2 Å². The Morgan fingerprint density at radius 2 is 2.06 bits per heavy atom. The van der Waals surface area contributed by atoms with Gasteiger partial charge in [-0.25, -0.2) is 9.18 Å². The fourth-order valence-electron chi connectivity index (χ4n) is 1.23. The molecule has 2 N–H and O–H groups in total. The SMILES string of the molecule is CC(C)(C)OC(=O)Nc1c(O)ccc(F)c1C=O. The van der Waals surface area contributed by atoms with E-state index in [9.17, 15) is 19.1 Å². The molecule has 0 saturated carbocycles. The zero-order valence-corrected chi connectivity index (χ0v) is 10.3. The second-order valence-electron chi connectivity index (χ2n) is 4.60. The summed E-state index contributed by atoms with van der Waals surface area (Å²) in [6.45, 7) is 4.95. The van der Waals surface area contributed by atoms with Gasteiger partial charge in [-0.05, 0) is 32.9 Å². The van der Waals surface area contributed by atoms with Crippen molar-refractivity contribution in [3.8, 4) is 5.75 Å². The lowest BCUT2D eigenvalue weighted by atomic mass is 10.1. The number of phenols is 1. The van der Waals surface area contributed by atoms with Crippen LogP contribution in [0.3, 0.4) is 0 Å². The van der Waals surface area contributed by atoms with Crippen molar-refractivity contribution in [1.29, 1.82) is 0 Å². The molecule has 0 spiro atoms. The summed E-state index contributed by atoms with van der Waals surface area (Å²) in [4.78, 5) is 22.2. The third-order valence-electron chi connectivity index (χ3n) is 1.91. The van der Waals surface area contributed by atoms with Crippen molar-refractivity contribution in [3.63, 3.8) is 0 Å². The Morgan fingerprint density at radius 1 is 1.44 bits per heavy atom. The molecule has 0 fully saturated rings. The maximum absolute atomic E-state index is 13.3. The molecule has 0 aliphatic carbocycles. The van der Waals surface area contributed by atoms with Crippen LogP contribution in [-0.2, 0) is 4.74 Å². The molecule has 5 nitrogen and oxygen atoms in total. The van der Waals surface area contributed by atoms with Crippen molar-refractivity contribution >= 4 is 18.1 Å². The first-order chi connectivity index (χ1) is 8.24. The minimum absolute atomic E-state index is 0.210. The number of anilines is 1. The number of rotatable bonds is 2. The largest absolute Gasteiger partial charge is 0.506 e. The zero-order valence-electron chi connectivity index (χ0n) is 10.3. The maximum atomic E-state index is 13.3. The molecule has 1 amide bonds. The van der Waals surface area contributed by atoms with Crippen molar-refractivity contribution in [1.82, 2.24) is 0 Å². The van der Waals surface area contributed by atoms with Gasteiger partial charge >= 0.3 is 6.09 Å². The van der Waals surface area contributed by atoms with Gasteiger partial charge in [0.15, 0.2) is 6.29 Å². The maximum Gasteiger partial charge on any atom is 0.412 e. The quantitative estimate of drug-likeness (QED) is 0.629. The fraction of sp³-hybridized carbons (Fsp3) is 0.333. The summed E-state index contributed by atoms with van der Waals surface area (Å²) in [5.41, 5.74) is -1.48. The Balaban J connectivity index is 3.01. The van der Waals surface area contributed by atoms with Crippen molar-refractivity contribution < 1.29 is 23.8 Å². The van der Waals surface area contributed by atoms with Crippen molar-refractivity contribution in [3.05, 3.63) is 23.5 Å². The molecule has 0 aliphatic rings. The van der Waals surface area contributed by atoms with Crippen LogP contribution < -0.4 is 5.32 Å². The van der Waals surface area contributed by atoms with Crippen LogP contribution in [0.2, 0.25) is 0 Å². The zero-order chi connectivity index (χ0) is 13.9. The number of hydrogen-bond donors (Lipinski definition) is 2. The second-order valence-corrected chi connectivity index (χ2v) is 4.60. The standard InChI is InChI=1S/C12H14FNO4/c1-12(2,3)18-11(17)14-10-7(6-15)8(13)4-5-9(10)16/h4-6,16H,1-3H3,(H,14,17). The van der Waals surface area contributed by atoms with Crippen molar-refractivity contribution in [2.45, 2.75) is 26.4 Å². The number of nitrogens with one attached hydrogen (secondary N) is 1. The van der Waals surface area contributed by atoms with Gasteiger partial charge in [0.25, 0.3) is 0 Å². The minimum Gasteiger partial charge on any atom is -0.506 e. The van der Waals surface area contributed by atoms with E-state index in [4.69, 9.17) is 4.74 Å². The third kappa shape index (κ3) is 3.44. The topological polar surface area (TPSA) is 75.6 Å². The first-order valence-electron chi connectivity index (χ1n) is 5.21. The average Bonchev–Trinajstić information content (AvgIpc) is 2.21. The van der Waals surface area contributed by atoms with Gasteiger partial charge in [-0.1, -0.05) is 0 Å². The number of carbonyl (C=O) groups excluding carboxylic acids is 2. The van der Waals surface area contributed by atoms with Gasteiger partial charge in [0.05, 0.1) is 11.3 Å². The molecule has 0 aromatic heterocycles. The van der Waals surface area contributed by atoms with E-state index in [0.29, 0.717) is 0 Å². The first kappa shape index (κ1) is 14.0. The molecule has 0 aliphatic heterocycles. The number of amides is 1. The number of hydrogen-bond acceptors (Lipinski definition) is 4. The van der Waals surface area contributed by atoms with Gasteiger partial charge < -0.3 is 9.84 Å². The Kier molecular flexibility index (Phi) is 3.90. The first-order valence-corrected chi connectivity index (χ1v) is 5.21. The van der Waals surface area contributed by atoms with E-state index in [0.717, 1.165) is 12.1 Å². The summed E-state index contributed by atoms with van der Waals surface area (Å²) < 4.78 is 18.2. The molecule has 1 aromatic carbocycles. The molecule has 98 valence electrons. The number of benzene rings is 1. The van der Waals surface area contributed by atoms with Crippen LogP contribution in [0.15, 0.2) is 12.1 Å². The van der Waals surface area contributed by atoms with E-state index in [1.165, 1.54) is 0 Å². The molecule has 1 aromatic rings. The molecule has 18 heavy (non-hydrogen) atoms. The van der Waals surface area contributed by atoms with Crippen molar-refractivity contribution in [2.75, 3.05) is 5.32 Å². The van der Waals surface area contributed by atoms with Gasteiger partial charge in [-0.15, -0.1) is 0 Å². The summed E-state index contributed by atoms with van der Waals surface area (Å²) in [6.07, 6.45) is -0.673. The van der Waals surface area contributed by atoms with Crippen LogP contribution in [-0.4, -0.2) is 23.1 Å². The minimum atomic E-state index is -0.883. The van der Waals surface area contributed by atoms with Gasteiger partial charge in [-0.3, -0.25) is 10.1 Å². The van der Waals surface area contributed by atoms with Crippen LogP contribution in [0, 0.1) is 5.82 Å². The molecule has 0 heterocycles. The van der Waals surface area contributed by atoms with Crippen LogP contribution >= 0.6 is 0 Å². The van der Waals surface area contributed by atoms with Gasteiger partial charge in [0.2, 0.25) is 0 Å². The summed E-state index contributed by atoms with van der Waals surface area (Å²) >= 11 is 0. The molecule has 0 saturated heterocycles. The highest BCUT2D eigenvalue weighted by Crippen LogP contribution is 2.28. The Bertz CT molecular complexity index is 480. The van der Waals surface area contributed by atoms with Crippen molar-refractivity contribution in [2.24, 2.45) is 0 Å². The van der Waals surface area contributed by atoms with Gasteiger partial charge in [0, 0.05) is 0 Å². The highest BCUT2D eigenvalue weighted by Gasteiger charge is 2.20. The average molecular weight is 255 g/mol. The molecule has 0 bridgehead atoms. The molecular weight excluding hydrogens is 241 g/mol. The van der Waals surface area contributed by atoms with E-state index >= 15 is 0 Å². The predicted molar refractivity (Wildman–Crippen MR) is 63.3 cm³/mol. The molecule has 1 rings (SSSR count). The van der Waals surface area contributed by atoms with Crippen LogP contribution in [0.5, 0.6) is 5.75 Å². The van der Waals surface area contributed by atoms with E-state index in [1.54, 1.807) is 20.8 Å². The van der Waals surface area contributed by atoms with Crippen LogP contribution in [0.1, 0.15) is 31.1 Å². The number of aldehydes is 1. The molecule has 0 unspecified atom stereocenters. The molecule has 0 atom stereocenters. The van der Waals surface area contributed by atoms with Gasteiger partial charge in [-0.2, -0.15) is 0 Å². The van der Waals surface area contributed by atoms with Crippen LogP contribution in [0.25, 0.3) is 0 Å². The molecule has 0 radical (unpaired) electrons. The second kappa shape index (κ2) is 5.03. The fourth-order valence-corrected chi connectivity index (χ4v) is 1.23. The van der Waals surface area contributed by atoms with E-state index < -0.39 is 28.8 Å². The summed E-state index contributed by atoms with van der Waals surface area (Å²) in [6, 6.07) is 1.97. The summed E-state index contributed by atoms with van der Waals surface area (Å²) in [5, 5.41) is 11.6. The molecule has 6 heteroatoms. The Labute approximate surface area is 104 Å². The lowest BCUT2D eigenvalue weighted by Gasteiger charge is -2.20. The normalized spacial score (nSPS) is 10.9.